The largest absolute Gasteiger partial charge is 0.414 e. The summed E-state index contributed by atoms with van der Waals surface area (Å²) in [4.78, 5) is 10.7. The summed E-state index contributed by atoms with van der Waals surface area (Å²) >= 11 is 0. The Bertz CT molecular complexity index is 331. The highest BCUT2D eigenvalue weighted by atomic mass is 28.4. The fraction of sp³-hybridized carbons (Fsp3) is 0.812. The Morgan fingerprint density at radius 2 is 1.68 bits per heavy atom. The highest BCUT2D eigenvalue weighted by molar-refractivity contribution is 6.74. The molecule has 3 heteroatoms. The van der Waals surface area contributed by atoms with Crippen molar-refractivity contribution in [3.05, 3.63) is 11.6 Å². The van der Waals surface area contributed by atoms with Crippen LogP contribution in [-0.2, 0) is 9.22 Å². The van der Waals surface area contributed by atoms with E-state index in [4.69, 9.17) is 4.43 Å². The quantitative estimate of drug-likeness (QED) is 0.424. The monoisotopic (exact) mass is 282 g/mol. The van der Waals surface area contributed by atoms with Crippen molar-refractivity contribution >= 4 is 14.6 Å². The molecule has 0 aromatic carbocycles. The van der Waals surface area contributed by atoms with E-state index in [9.17, 15) is 4.79 Å². The van der Waals surface area contributed by atoms with Gasteiger partial charge in [-0.15, -0.1) is 0 Å². The molecule has 0 radical (unpaired) electrons. The molecule has 110 valence electrons. The Balaban J connectivity index is 2.49. The molecule has 1 fully saturated rings. The molecule has 19 heavy (non-hydrogen) atoms. The van der Waals surface area contributed by atoms with Gasteiger partial charge in [-0.2, -0.15) is 0 Å². The summed E-state index contributed by atoms with van der Waals surface area (Å²) in [6.45, 7) is 13.4. The Labute approximate surface area is 119 Å². The first-order valence-corrected chi connectivity index (χ1v) is 10.4. The lowest BCUT2D eigenvalue weighted by Crippen LogP contribution is -2.44. The van der Waals surface area contributed by atoms with Gasteiger partial charge in [0.05, 0.1) is 0 Å². The van der Waals surface area contributed by atoms with E-state index in [-0.39, 0.29) is 5.04 Å². The van der Waals surface area contributed by atoms with Gasteiger partial charge in [0.15, 0.2) is 8.32 Å². The van der Waals surface area contributed by atoms with Crippen LogP contribution < -0.4 is 0 Å². The minimum atomic E-state index is -1.62. The van der Waals surface area contributed by atoms with Gasteiger partial charge in [-0.25, -0.2) is 0 Å². The minimum Gasteiger partial charge on any atom is -0.414 e. The highest BCUT2D eigenvalue weighted by Gasteiger charge is 2.39. The second kappa shape index (κ2) is 6.36. The maximum absolute atomic E-state index is 10.7. The molecule has 0 aromatic heterocycles. The zero-order chi connectivity index (χ0) is 14.7. The molecule has 0 atom stereocenters. The fourth-order valence-corrected chi connectivity index (χ4v) is 3.80. The van der Waals surface area contributed by atoms with E-state index >= 15 is 0 Å². The van der Waals surface area contributed by atoms with Gasteiger partial charge < -0.3 is 4.43 Å². The van der Waals surface area contributed by atoms with Gasteiger partial charge in [0.2, 0.25) is 0 Å². The average Bonchev–Trinajstić information content (AvgIpc) is 2.29. The minimum absolute atomic E-state index is 0.290. The van der Waals surface area contributed by atoms with E-state index in [1.54, 1.807) is 0 Å². The topological polar surface area (TPSA) is 26.3 Å². The van der Waals surface area contributed by atoms with E-state index in [0.717, 1.165) is 37.5 Å². The third-order valence-electron chi connectivity index (χ3n) is 4.67. The second-order valence-corrected chi connectivity index (χ2v) is 12.2. The normalized spacial score (nSPS) is 26.3. The first kappa shape index (κ1) is 16.6. The van der Waals surface area contributed by atoms with E-state index in [2.05, 4.69) is 39.9 Å². The van der Waals surface area contributed by atoms with Crippen LogP contribution >= 0.6 is 0 Å². The second-order valence-electron chi connectivity index (χ2n) is 7.44. The molecule has 1 aliphatic carbocycles. The number of carbonyl (C=O) groups is 1. The van der Waals surface area contributed by atoms with Crippen LogP contribution in [0.2, 0.25) is 18.1 Å². The van der Waals surface area contributed by atoms with Crippen molar-refractivity contribution in [2.24, 2.45) is 5.92 Å². The van der Waals surface area contributed by atoms with E-state index in [1.807, 2.05) is 6.92 Å². The van der Waals surface area contributed by atoms with Crippen LogP contribution in [0.25, 0.3) is 0 Å². The van der Waals surface area contributed by atoms with Crippen LogP contribution in [0.4, 0.5) is 0 Å². The smallest absolute Gasteiger partial charge is 0.192 e. The summed E-state index contributed by atoms with van der Waals surface area (Å²) in [7, 11) is -1.62. The van der Waals surface area contributed by atoms with Crippen molar-refractivity contribution < 1.29 is 9.22 Å². The Morgan fingerprint density at radius 3 is 2.11 bits per heavy atom. The lowest BCUT2D eigenvalue weighted by Gasteiger charge is -2.41. The molecule has 0 unspecified atom stereocenters. The van der Waals surface area contributed by atoms with E-state index in [1.165, 1.54) is 0 Å². The van der Waals surface area contributed by atoms with Crippen molar-refractivity contribution in [3.63, 3.8) is 0 Å². The summed E-state index contributed by atoms with van der Waals surface area (Å²) in [5.41, 5.74) is 0.869. The summed E-state index contributed by atoms with van der Waals surface area (Å²) in [6, 6.07) is 0. The van der Waals surface area contributed by atoms with Crippen molar-refractivity contribution in [1.29, 1.82) is 0 Å². The molecule has 0 N–H and O–H groups in total. The number of carbonyl (C=O) groups excluding carboxylic acids is 1. The summed E-state index contributed by atoms with van der Waals surface area (Å²) in [6.07, 6.45) is 8.12. The standard InChI is InChI=1S/C16H30O2Si/c1-13(12-17)11-14-7-9-15(10-8-14)18-19(5,6)16(2,3)4/h11-12,14-15H,7-10H2,1-6H3/b13-11+. The van der Waals surface area contributed by atoms with Crippen LogP contribution in [-0.4, -0.2) is 20.7 Å². The number of hydrogen-bond acceptors (Lipinski definition) is 2. The van der Waals surface area contributed by atoms with E-state index in [0.29, 0.717) is 12.0 Å². The molecule has 2 nitrogen and oxygen atoms in total. The lowest BCUT2D eigenvalue weighted by molar-refractivity contribution is -0.104. The summed E-state index contributed by atoms with van der Waals surface area (Å²) in [5.74, 6) is 0.574. The SMILES string of the molecule is C/C(C=O)=C\C1CCC(O[Si](C)(C)C(C)(C)C)CC1. The van der Waals surface area contributed by atoms with Crippen molar-refractivity contribution in [2.75, 3.05) is 0 Å². The molecule has 0 heterocycles. The molecule has 1 saturated carbocycles. The highest BCUT2D eigenvalue weighted by Crippen LogP contribution is 2.39. The zero-order valence-corrected chi connectivity index (χ0v) is 14.5. The van der Waals surface area contributed by atoms with Crippen LogP contribution in [0.5, 0.6) is 0 Å². The molecule has 1 aliphatic rings. The number of hydrogen-bond donors (Lipinski definition) is 0. The van der Waals surface area contributed by atoms with Gasteiger partial charge in [0.25, 0.3) is 0 Å². The van der Waals surface area contributed by atoms with Crippen LogP contribution in [0, 0.1) is 5.92 Å². The number of allylic oxidation sites excluding steroid dienone is 2. The maximum atomic E-state index is 10.7. The first-order valence-electron chi connectivity index (χ1n) is 7.47. The molecular weight excluding hydrogens is 252 g/mol. The van der Waals surface area contributed by atoms with Crippen molar-refractivity contribution in [2.45, 2.75) is 77.6 Å². The molecule has 0 bridgehead atoms. The number of rotatable bonds is 4. The van der Waals surface area contributed by atoms with Crippen molar-refractivity contribution in [1.82, 2.24) is 0 Å². The predicted molar refractivity (Wildman–Crippen MR) is 83.8 cm³/mol. The Kier molecular flexibility index (Phi) is 5.57. The third-order valence-corrected chi connectivity index (χ3v) is 9.21. The molecule has 0 aliphatic heterocycles. The Morgan fingerprint density at radius 1 is 1.16 bits per heavy atom. The molecule has 1 rings (SSSR count). The van der Waals surface area contributed by atoms with Gasteiger partial charge >= 0.3 is 0 Å². The van der Waals surface area contributed by atoms with Crippen LogP contribution in [0.15, 0.2) is 11.6 Å². The van der Waals surface area contributed by atoms with Gasteiger partial charge in [0.1, 0.15) is 6.29 Å². The van der Waals surface area contributed by atoms with Crippen LogP contribution in [0.1, 0.15) is 53.4 Å². The van der Waals surface area contributed by atoms with Gasteiger partial charge in [-0.1, -0.05) is 26.8 Å². The van der Waals surface area contributed by atoms with Crippen LogP contribution in [0.3, 0.4) is 0 Å². The average molecular weight is 283 g/mol. The molecule has 0 spiro atoms. The van der Waals surface area contributed by atoms with Gasteiger partial charge in [-0.3, -0.25) is 4.79 Å². The van der Waals surface area contributed by atoms with Gasteiger partial charge in [0, 0.05) is 6.10 Å². The molecule has 0 amide bonds. The summed E-state index contributed by atoms with van der Waals surface area (Å²) in [5, 5.41) is 0.290. The fourth-order valence-electron chi connectivity index (χ4n) is 2.38. The predicted octanol–water partition coefficient (Wildman–Crippen LogP) is 4.71. The zero-order valence-electron chi connectivity index (χ0n) is 13.5. The van der Waals surface area contributed by atoms with Crippen molar-refractivity contribution in [3.8, 4) is 0 Å². The third kappa shape index (κ3) is 4.88. The Hall–Kier alpha value is -0.413. The molecular formula is C16H30O2Si. The summed E-state index contributed by atoms with van der Waals surface area (Å²) < 4.78 is 6.47. The van der Waals surface area contributed by atoms with Gasteiger partial charge in [-0.05, 0) is 62.2 Å². The number of aldehydes is 1. The lowest BCUT2D eigenvalue weighted by atomic mass is 9.86. The van der Waals surface area contributed by atoms with E-state index < -0.39 is 8.32 Å². The molecule has 0 saturated heterocycles. The maximum Gasteiger partial charge on any atom is 0.192 e. The molecule has 0 aromatic rings. The first-order chi connectivity index (χ1) is 8.65.